The minimum Gasteiger partial charge on any atom is -0.282 e. The highest BCUT2D eigenvalue weighted by molar-refractivity contribution is 9.10. The lowest BCUT2D eigenvalue weighted by molar-refractivity contribution is 0.475. The zero-order valence-electron chi connectivity index (χ0n) is 7.07. The third-order valence-electron chi connectivity index (χ3n) is 1.70. The minimum absolute atomic E-state index is 0.0451. The van der Waals surface area contributed by atoms with E-state index in [0.717, 1.165) is 0 Å². The molecule has 0 aliphatic rings. The number of benzene rings is 1. The SMILES string of the molecule is O=S(=O)(O)c1cccc(Br)c1CCF. The highest BCUT2D eigenvalue weighted by Crippen LogP contribution is 2.24. The maximum Gasteiger partial charge on any atom is 0.294 e. The van der Waals surface area contributed by atoms with E-state index in [2.05, 4.69) is 15.9 Å². The van der Waals surface area contributed by atoms with Crippen LogP contribution in [0.25, 0.3) is 0 Å². The topological polar surface area (TPSA) is 54.4 Å². The van der Waals surface area contributed by atoms with E-state index < -0.39 is 16.8 Å². The van der Waals surface area contributed by atoms with Crippen LogP contribution in [0.3, 0.4) is 0 Å². The van der Waals surface area contributed by atoms with Crippen molar-refractivity contribution in [2.75, 3.05) is 6.67 Å². The Morgan fingerprint density at radius 3 is 2.57 bits per heavy atom. The average molecular weight is 283 g/mol. The van der Waals surface area contributed by atoms with Gasteiger partial charge in [0.1, 0.15) is 0 Å². The fourth-order valence-electron chi connectivity index (χ4n) is 1.12. The Hall–Kier alpha value is -0.460. The molecular weight excluding hydrogens is 275 g/mol. The Morgan fingerprint density at radius 1 is 1.43 bits per heavy atom. The number of hydrogen-bond donors (Lipinski definition) is 1. The van der Waals surface area contributed by atoms with Crippen molar-refractivity contribution in [2.24, 2.45) is 0 Å². The van der Waals surface area contributed by atoms with Gasteiger partial charge in [-0.05, 0) is 17.7 Å². The van der Waals surface area contributed by atoms with Gasteiger partial charge in [-0.2, -0.15) is 8.42 Å². The van der Waals surface area contributed by atoms with Crippen LogP contribution in [0.4, 0.5) is 4.39 Å². The number of alkyl halides is 1. The second-order valence-electron chi connectivity index (χ2n) is 2.63. The third kappa shape index (κ3) is 2.52. The first kappa shape index (κ1) is 11.6. The second kappa shape index (κ2) is 4.37. The van der Waals surface area contributed by atoms with E-state index >= 15 is 0 Å². The maximum atomic E-state index is 12.1. The molecule has 6 heteroatoms. The molecule has 0 aliphatic heterocycles. The molecule has 0 aliphatic carbocycles. The van der Waals surface area contributed by atoms with Gasteiger partial charge in [0.15, 0.2) is 0 Å². The maximum absolute atomic E-state index is 12.1. The quantitative estimate of drug-likeness (QED) is 0.865. The van der Waals surface area contributed by atoms with Crippen molar-refractivity contribution >= 4 is 26.0 Å². The Kier molecular flexibility index (Phi) is 3.63. The predicted molar refractivity (Wildman–Crippen MR) is 53.6 cm³/mol. The molecule has 0 amide bonds. The normalized spacial score (nSPS) is 11.6. The zero-order valence-corrected chi connectivity index (χ0v) is 9.48. The molecule has 0 aromatic heterocycles. The summed E-state index contributed by atoms with van der Waals surface area (Å²) in [5, 5.41) is 0. The van der Waals surface area contributed by atoms with Crippen LogP contribution < -0.4 is 0 Å². The van der Waals surface area contributed by atoms with Gasteiger partial charge >= 0.3 is 0 Å². The summed E-state index contributed by atoms with van der Waals surface area (Å²) in [4.78, 5) is -0.246. The number of hydrogen-bond acceptors (Lipinski definition) is 2. The van der Waals surface area contributed by atoms with Crippen LogP contribution in [0.2, 0.25) is 0 Å². The van der Waals surface area contributed by atoms with E-state index in [-0.39, 0.29) is 16.9 Å². The van der Waals surface area contributed by atoms with E-state index in [1.807, 2.05) is 0 Å². The van der Waals surface area contributed by atoms with Crippen LogP contribution >= 0.6 is 15.9 Å². The van der Waals surface area contributed by atoms with Gasteiger partial charge in [0.05, 0.1) is 11.6 Å². The van der Waals surface area contributed by atoms with Crippen molar-refractivity contribution in [2.45, 2.75) is 11.3 Å². The fraction of sp³-hybridized carbons (Fsp3) is 0.250. The molecule has 78 valence electrons. The van der Waals surface area contributed by atoms with Crippen molar-refractivity contribution in [3.63, 3.8) is 0 Å². The Balaban J connectivity index is 3.36. The molecule has 1 N–H and O–H groups in total. The van der Waals surface area contributed by atoms with E-state index in [1.54, 1.807) is 6.07 Å². The summed E-state index contributed by atoms with van der Waals surface area (Å²) in [6.45, 7) is -0.675. The smallest absolute Gasteiger partial charge is 0.282 e. The molecule has 0 heterocycles. The first-order valence-electron chi connectivity index (χ1n) is 3.77. The highest BCUT2D eigenvalue weighted by atomic mass is 79.9. The summed E-state index contributed by atoms with van der Waals surface area (Å²) in [5.74, 6) is 0. The first-order valence-corrected chi connectivity index (χ1v) is 6.01. The van der Waals surface area contributed by atoms with E-state index in [1.165, 1.54) is 12.1 Å². The third-order valence-corrected chi connectivity index (χ3v) is 3.38. The van der Waals surface area contributed by atoms with Gasteiger partial charge < -0.3 is 0 Å². The highest BCUT2D eigenvalue weighted by Gasteiger charge is 2.16. The molecule has 1 aromatic rings. The van der Waals surface area contributed by atoms with Gasteiger partial charge in [-0.3, -0.25) is 8.94 Å². The van der Waals surface area contributed by atoms with Gasteiger partial charge in [-0.15, -0.1) is 0 Å². The molecule has 14 heavy (non-hydrogen) atoms. The molecule has 0 radical (unpaired) electrons. The van der Waals surface area contributed by atoms with Crippen molar-refractivity contribution < 1.29 is 17.4 Å². The number of halogens is 2. The van der Waals surface area contributed by atoms with Gasteiger partial charge in [0.25, 0.3) is 10.1 Å². The van der Waals surface area contributed by atoms with E-state index in [4.69, 9.17) is 4.55 Å². The Labute approximate surface area is 89.8 Å². The Morgan fingerprint density at radius 2 is 2.07 bits per heavy atom. The van der Waals surface area contributed by atoms with Crippen LogP contribution in [0.1, 0.15) is 5.56 Å². The van der Waals surface area contributed by atoms with Crippen LogP contribution in [0, 0.1) is 0 Å². The van der Waals surface area contributed by atoms with Crippen molar-refractivity contribution in [1.29, 1.82) is 0 Å². The van der Waals surface area contributed by atoms with Gasteiger partial charge in [0, 0.05) is 10.9 Å². The standard InChI is InChI=1S/C8H8BrFO3S/c9-7-2-1-3-8(14(11,12)13)6(7)4-5-10/h1-3H,4-5H2,(H,11,12,13). The summed E-state index contributed by atoms with van der Waals surface area (Å²) in [6.07, 6.45) is -0.0451. The summed E-state index contributed by atoms with van der Waals surface area (Å²) < 4.78 is 43.2. The molecule has 1 aromatic carbocycles. The molecule has 0 saturated carbocycles. The molecule has 0 spiro atoms. The van der Waals surface area contributed by atoms with Crippen molar-refractivity contribution in [1.82, 2.24) is 0 Å². The van der Waals surface area contributed by atoms with Crippen LogP contribution in [-0.2, 0) is 16.5 Å². The zero-order chi connectivity index (χ0) is 10.8. The number of rotatable bonds is 3. The molecule has 0 fully saturated rings. The largest absolute Gasteiger partial charge is 0.294 e. The summed E-state index contributed by atoms with van der Waals surface area (Å²) in [7, 11) is -4.27. The lowest BCUT2D eigenvalue weighted by Crippen LogP contribution is -2.04. The molecule has 0 unspecified atom stereocenters. The van der Waals surface area contributed by atoms with Crippen molar-refractivity contribution in [3.05, 3.63) is 28.2 Å². The molecule has 0 saturated heterocycles. The van der Waals surface area contributed by atoms with Gasteiger partial charge in [-0.25, -0.2) is 0 Å². The lowest BCUT2D eigenvalue weighted by atomic mass is 10.2. The van der Waals surface area contributed by atoms with Crippen LogP contribution in [0.5, 0.6) is 0 Å². The Bertz CT molecular complexity index is 430. The average Bonchev–Trinajstić information content (AvgIpc) is 2.07. The summed E-state index contributed by atoms with van der Waals surface area (Å²) >= 11 is 3.10. The molecule has 3 nitrogen and oxygen atoms in total. The summed E-state index contributed by atoms with van der Waals surface area (Å²) in [6, 6.07) is 4.31. The monoisotopic (exact) mass is 282 g/mol. The van der Waals surface area contributed by atoms with Crippen LogP contribution in [-0.4, -0.2) is 19.6 Å². The molecular formula is C8H8BrFO3S. The minimum atomic E-state index is -4.27. The molecule has 0 atom stereocenters. The van der Waals surface area contributed by atoms with E-state index in [0.29, 0.717) is 4.47 Å². The van der Waals surface area contributed by atoms with Gasteiger partial charge in [-0.1, -0.05) is 22.0 Å². The van der Waals surface area contributed by atoms with E-state index in [9.17, 15) is 12.8 Å². The van der Waals surface area contributed by atoms with Crippen LogP contribution in [0.15, 0.2) is 27.6 Å². The lowest BCUT2D eigenvalue weighted by Gasteiger charge is -2.06. The first-order chi connectivity index (χ1) is 6.46. The predicted octanol–water partition coefficient (Wildman–Crippen LogP) is 2.21. The molecule has 1 rings (SSSR count). The summed E-state index contributed by atoms with van der Waals surface area (Å²) in [5.41, 5.74) is 0.262. The van der Waals surface area contributed by atoms with Gasteiger partial charge in [0.2, 0.25) is 0 Å². The van der Waals surface area contributed by atoms with Crippen molar-refractivity contribution in [3.8, 4) is 0 Å². The second-order valence-corrected chi connectivity index (χ2v) is 4.87. The molecule has 0 bridgehead atoms. The fourth-order valence-corrected chi connectivity index (χ4v) is 2.59.